The van der Waals surface area contributed by atoms with E-state index < -0.39 is 0 Å². The molecule has 1 N–H and O–H groups in total. The van der Waals surface area contributed by atoms with Gasteiger partial charge in [0, 0.05) is 17.2 Å². The highest BCUT2D eigenvalue weighted by molar-refractivity contribution is 7.80. The maximum atomic E-state index is 11.5. The Morgan fingerprint density at radius 2 is 2.32 bits per heavy atom. The van der Waals surface area contributed by atoms with Crippen LogP contribution in [0, 0.1) is 11.3 Å². The quantitative estimate of drug-likeness (QED) is 0.315. The number of ketones is 1. The molecule has 0 fully saturated rings. The van der Waals surface area contributed by atoms with E-state index in [1.165, 1.54) is 6.92 Å². The van der Waals surface area contributed by atoms with E-state index in [9.17, 15) is 9.90 Å². The average molecular weight is 319 g/mol. The summed E-state index contributed by atoms with van der Waals surface area (Å²) < 4.78 is 5.70. The third-order valence-corrected chi connectivity index (χ3v) is 3.67. The maximum absolute atomic E-state index is 11.5. The largest absolute Gasteiger partial charge is 0.507 e. The molecule has 1 unspecified atom stereocenters. The topological polar surface area (TPSA) is 70.3 Å². The summed E-state index contributed by atoms with van der Waals surface area (Å²) in [5.74, 6) is 0.323. The van der Waals surface area contributed by atoms with Crippen LogP contribution in [0.25, 0.3) is 0 Å². The van der Waals surface area contributed by atoms with Crippen LogP contribution in [0.2, 0.25) is 0 Å². The molecule has 118 valence electrons. The Morgan fingerprint density at radius 1 is 1.59 bits per heavy atom. The summed E-state index contributed by atoms with van der Waals surface area (Å²) in [5, 5.41) is 18.8. The van der Waals surface area contributed by atoms with Gasteiger partial charge in [0.15, 0.2) is 5.78 Å². The van der Waals surface area contributed by atoms with E-state index in [1.54, 1.807) is 18.2 Å². The highest BCUT2D eigenvalue weighted by atomic mass is 32.1. The molecular formula is C17H21NO3S. The van der Waals surface area contributed by atoms with Gasteiger partial charge in [-0.05, 0) is 38.3 Å². The second kappa shape index (κ2) is 9.16. The van der Waals surface area contributed by atoms with Crippen molar-refractivity contribution in [3.05, 3.63) is 35.9 Å². The number of nitrogens with zero attached hydrogens (tertiary/aromatic N) is 1. The Hall–Kier alpha value is -1.93. The third-order valence-electron chi connectivity index (χ3n) is 3.23. The molecule has 0 saturated heterocycles. The number of nitriles is 1. The predicted octanol–water partition coefficient (Wildman–Crippen LogP) is 3.69. The lowest BCUT2D eigenvalue weighted by Gasteiger charge is -2.14. The number of hydrogen-bond acceptors (Lipinski definition) is 5. The fourth-order valence-corrected chi connectivity index (χ4v) is 2.35. The molecule has 4 nitrogen and oxygen atoms in total. The van der Waals surface area contributed by atoms with E-state index in [-0.39, 0.29) is 22.3 Å². The monoisotopic (exact) mass is 319 g/mol. The van der Waals surface area contributed by atoms with Crippen LogP contribution in [0.3, 0.4) is 0 Å². The molecule has 0 saturated carbocycles. The fraction of sp³-hybridized carbons (Fsp3) is 0.412. The molecular weight excluding hydrogens is 298 g/mol. The lowest BCUT2D eigenvalue weighted by Crippen LogP contribution is -2.05. The molecule has 1 rings (SSSR count). The smallest absolute Gasteiger partial charge is 0.163 e. The lowest BCUT2D eigenvalue weighted by molar-refractivity contribution is 0.101. The highest BCUT2D eigenvalue weighted by Crippen LogP contribution is 2.32. The number of thiol groups is 1. The summed E-state index contributed by atoms with van der Waals surface area (Å²) in [6.07, 6.45) is 4.04. The van der Waals surface area contributed by atoms with Crippen molar-refractivity contribution in [3.8, 4) is 17.6 Å². The standard InChI is InChI=1S/C17H21NO3S/c1-3-5-15-16(8-7-14(12(2)19)17(15)20)21-11-4-6-13(22)9-10-18/h3,7-8,13,20,22H,1,4-6,9,11H2,2H3. The van der Waals surface area contributed by atoms with Crippen molar-refractivity contribution in [1.82, 2.24) is 0 Å². The van der Waals surface area contributed by atoms with Crippen molar-refractivity contribution in [3.63, 3.8) is 0 Å². The summed E-state index contributed by atoms with van der Waals surface area (Å²) in [5.41, 5.74) is 0.857. The van der Waals surface area contributed by atoms with Crippen LogP contribution >= 0.6 is 12.6 Å². The van der Waals surface area contributed by atoms with Crippen molar-refractivity contribution >= 4 is 18.4 Å². The molecule has 1 aromatic rings. The number of allylic oxidation sites excluding steroid dienone is 1. The first-order valence-corrected chi connectivity index (χ1v) is 7.67. The molecule has 0 radical (unpaired) electrons. The highest BCUT2D eigenvalue weighted by Gasteiger charge is 2.15. The van der Waals surface area contributed by atoms with Gasteiger partial charge in [0.25, 0.3) is 0 Å². The van der Waals surface area contributed by atoms with E-state index in [4.69, 9.17) is 10.00 Å². The Kier molecular flexibility index (Phi) is 7.55. The predicted molar refractivity (Wildman–Crippen MR) is 89.7 cm³/mol. The first kappa shape index (κ1) is 18.1. The molecule has 0 bridgehead atoms. The Balaban J connectivity index is 2.74. The average Bonchev–Trinajstić information content (AvgIpc) is 2.46. The minimum absolute atomic E-state index is 0.0403. The van der Waals surface area contributed by atoms with Crippen molar-refractivity contribution in [2.24, 2.45) is 0 Å². The van der Waals surface area contributed by atoms with Crippen LogP contribution in [0.5, 0.6) is 11.5 Å². The van der Waals surface area contributed by atoms with Crippen LogP contribution in [0.15, 0.2) is 24.8 Å². The minimum atomic E-state index is -0.191. The molecule has 1 atom stereocenters. The van der Waals surface area contributed by atoms with Gasteiger partial charge in [-0.2, -0.15) is 17.9 Å². The van der Waals surface area contributed by atoms with Gasteiger partial charge >= 0.3 is 0 Å². The Morgan fingerprint density at radius 3 is 2.91 bits per heavy atom. The molecule has 0 aliphatic carbocycles. The number of ether oxygens (including phenoxy) is 1. The van der Waals surface area contributed by atoms with Crippen molar-refractivity contribution < 1.29 is 14.6 Å². The van der Waals surface area contributed by atoms with Crippen LogP contribution in [0.1, 0.15) is 42.1 Å². The molecule has 0 spiro atoms. The number of hydrogen-bond donors (Lipinski definition) is 2. The van der Waals surface area contributed by atoms with Gasteiger partial charge in [0.2, 0.25) is 0 Å². The van der Waals surface area contributed by atoms with Gasteiger partial charge in [0.05, 0.1) is 18.2 Å². The van der Waals surface area contributed by atoms with E-state index in [1.807, 2.05) is 0 Å². The van der Waals surface area contributed by atoms with Crippen LogP contribution in [-0.4, -0.2) is 22.7 Å². The Bertz CT molecular complexity index is 578. The number of carbonyl (C=O) groups excluding carboxylic acids is 1. The molecule has 0 amide bonds. The first-order chi connectivity index (χ1) is 10.5. The molecule has 1 aromatic carbocycles. The van der Waals surface area contributed by atoms with Gasteiger partial charge in [0.1, 0.15) is 11.5 Å². The lowest BCUT2D eigenvalue weighted by atomic mass is 10.0. The van der Waals surface area contributed by atoms with Gasteiger partial charge in [-0.25, -0.2) is 0 Å². The second-order valence-corrected chi connectivity index (χ2v) is 5.72. The summed E-state index contributed by atoms with van der Waals surface area (Å²) in [6, 6.07) is 5.35. The van der Waals surface area contributed by atoms with E-state index in [2.05, 4.69) is 25.3 Å². The van der Waals surface area contributed by atoms with E-state index >= 15 is 0 Å². The summed E-state index contributed by atoms with van der Waals surface area (Å²) in [6.45, 7) is 5.54. The minimum Gasteiger partial charge on any atom is -0.507 e. The van der Waals surface area contributed by atoms with Crippen molar-refractivity contribution in [2.75, 3.05) is 6.61 Å². The number of rotatable bonds is 9. The molecule has 5 heteroatoms. The Labute approximate surface area is 136 Å². The molecule has 0 aromatic heterocycles. The molecule has 0 heterocycles. The zero-order valence-electron chi connectivity index (χ0n) is 12.7. The maximum Gasteiger partial charge on any atom is 0.163 e. The number of benzene rings is 1. The zero-order chi connectivity index (χ0) is 16.5. The molecule has 0 aliphatic rings. The molecule has 22 heavy (non-hydrogen) atoms. The van der Waals surface area contributed by atoms with Gasteiger partial charge in [-0.15, -0.1) is 6.58 Å². The number of aromatic hydroxyl groups is 1. The normalized spacial score (nSPS) is 11.5. The van der Waals surface area contributed by atoms with Gasteiger partial charge < -0.3 is 9.84 Å². The van der Waals surface area contributed by atoms with Crippen LogP contribution < -0.4 is 4.74 Å². The SMILES string of the molecule is C=CCc1c(OCCCC(S)CC#N)ccc(C(C)=O)c1O. The number of carbonyl (C=O) groups is 1. The zero-order valence-corrected chi connectivity index (χ0v) is 13.6. The second-order valence-electron chi connectivity index (χ2n) is 4.99. The van der Waals surface area contributed by atoms with Gasteiger partial charge in [-0.3, -0.25) is 4.79 Å². The molecule has 0 aliphatic heterocycles. The van der Waals surface area contributed by atoms with E-state index in [0.717, 1.165) is 12.8 Å². The summed E-state index contributed by atoms with van der Waals surface area (Å²) in [4.78, 5) is 11.5. The van der Waals surface area contributed by atoms with Crippen molar-refractivity contribution in [2.45, 2.75) is 37.9 Å². The van der Waals surface area contributed by atoms with Crippen LogP contribution in [-0.2, 0) is 6.42 Å². The van der Waals surface area contributed by atoms with Crippen molar-refractivity contribution in [1.29, 1.82) is 5.26 Å². The summed E-state index contributed by atoms with van der Waals surface area (Å²) in [7, 11) is 0. The first-order valence-electron chi connectivity index (χ1n) is 7.15. The number of Topliss-reactive ketones (excluding diaryl/α,β-unsaturated/α-hetero) is 1. The summed E-state index contributed by atoms with van der Waals surface area (Å²) >= 11 is 4.31. The third kappa shape index (κ3) is 5.12. The van der Waals surface area contributed by atoms with E-state index in [0.29, 0.717) is 30.8 Å². The van der Waals surface area contributed by atoms with Crippen LogP contribution in [0.4, 0.5) is 0 Å². The van der Waals surface area contributed by atoms with Gasteiger partial charge in [-0.1, -0.05) is 6.08 Å². The number of phenolic OH excluding ortho intramolecular Hbond substituents is 1. The fourth-order valence-electron chi connectivity index (χ4n) is 2.09. The number of phenols is 1.